The van der Waals surface area contributed by atoms with Gasteiger partial charge in [0, 0.05) is 6.42 Å². The highest BCUT2D eigenvalue weighted by atomic mass is 32.2. The molecule has 1 fully saturated rings. The normalized spacial score (nSPS) is 20.2. The van der Waals surface area contributed by atoms with Crippen molar-refractivity contribution in [3.63, 3.8) is 0 Å². The standard InChI is InChI=1S/C11H17NO5S/c1-17-9(13)5-4-7(11(15)16)12-10(14)8-3-2-6-18-8/h7-8H,2-6H2,1H3,(H,12,14)(H,15,16)/t7-,8?/m0/s1. The van der Waals surface area contributed by atoms with Gasteiger partial charge in [-0.1, -0.05) is 0 Å². The second-order valence-corrected chi connectivity index (χ2v) is 5.33. The zero-order chi connectivity index (χ0) is 13.5. The van der Waals surface area contributed by atoms with Crippen molar-refractivity contribution in [3.05, 3.63) is 0 Å². The van der Waals surface area contributed by atoms with Gasteiger partial charge >= 0.3 is 11.9 Å². The maximum atomic E-state index is 11.8. The van der Waals surface area contributed by atoms with Gasteiger partial charge in [0.25, 0.3) is 0 Å². The van der Waals surface area contributed by atoms with Crippen LogP contribution in [0.15, 0.2) is 0 Å². The molecule has 18 heavy (non-hydrogen) atoms. The Labute approximate surface area is 109 Å². The largest absolute Gasteiger partial charge is 0.480 e. The van der Waals surface area contributed by atoms with Crippen molar-refractivity contribution in [1.29, 1.82) is 0 Å². The third kappa shape index (κ3) is 4.56. The van der Waals surface area contributed by atoms with E-state index in [1.165, 1.54) is 18.9 Å². The topological polar surface area (TPSA) is 92.7 Å². The number of hydrogen-bond donors (Lipinski definition) is 2. The number of carboxylic acids is 1. The van der Waals surface area contributed by atoms with E-state index in [0.29, 0.717) is 0 Å². The van der Waals surface area contributed by atoms with E-state index >= 15 is 0 Å². The highest BCUT2D eigenvalue weighted by Gasteiger charge is 2.28. The molecule has 1 heterocycles. The zero-order valence-corrected chi connectivity index (χ0v) is 11.0. The van der Waals surface area contributed by atoms with Gasteiger partial charge in [-0.25, -0.2) is 4.79 Å². The summed E-state index contributed by atoms with van der Waals surface area (Å²) in [5.74, 6) is -0.936. The molecule has 1 aliphatic heterocycles. The lowest BCUT2D eigenvalue weighted by Gasteiger charge is -2.16. The van der Waals surface area contributed by atoms with Gasteiger partial charge in [0.1, 0.15) is 6.04 Å². The van der Waals surface area contributed by atoms with E-state index in [2.05, 4.69) is 10.1 Å². The first-order chi connectivity index (χ1) is 8.54. The molecule has 7 heteroatoms. The summed E-state index contributed by atoms with van der Waals surface area (Å²) in [4.78, 5) is 33.7. The van der Waals surface area contributed by atoms with Crippen LogP contribution in [0.25, 0.3) is 0 Å². The van der Waals surface area contributed by atoms with E-state index in [-0.39, 0.29) is 24.0 Å². The summed E-state index contributed by atoms with van der Waals surface area (Å²) in [6.07, 6.45) is 1.78. The molecule has 0 aromatic rings. The highest BCUT2D eigenvalue weighted by Crippen LogP contribution is 2.26. The summed E-state index contributed by atoms with van der Waals surface area (Å²) in [6, 6.07) is -1.03. The SMILES string of the molecule is COC(=O)CC[C@H](NC(=O)C1CCCS1)C(=O)O. The molecule has 0 bridgehead atoms. The Bertz CT molecular complexity index is 327. The number of carbonyl (C=O) groups excluding carboxylic acids is 2. The molecule has 1 aliphatic rings. The number of hydrogen-bond acceptors (Lipinski definition) is 5. The number of carboxylic acid groups (broad SMARTS) is 1. The summed E-state index contributed by atoms with van der Waals surface area (Å²) in [5, 5.41) is 11.3. The number of methoxy groups -OCH3 is 1. The lowest BCUT2D eigenvalue weighted by molar-refractivity contribution is -0.144. The van der Waals surface area contributed by atoms with Crippen LogP contribution in [0, 0.1) is 0 Å². The van der Waals surface area contributed by atoms with Crippen LogP contribution in [0.1, 0.15) is 25.7 Å². The summed E-state index contributed by atoms with van der Waals surface area (Å²) < 4.78 is 4.44. The number of rotatable bonds is 6. The first kappa shape index (κ1) is 14.8. The fourth-order valence-corrected chi connectivity index (χ4v) is 2.84. The molecule has 0 spiro atoms. The number of thioether (sulfide) groups is 1. The summed E-state index contributed by atoms with van der Waals surface area (Å²) >= 11 is 1.54. The van der Waals surface area contributed by atoms with Crippen molar-refractivity contribution in [3.8, 4) is 0 Å². The van der Waals surface area contributed by atoms with Crippen molar-refractivity contribution < 1.29 is 24.2 Å². The van der Waals surface area contributed by atoms with Crippen molar-refractivity contribution >= 4 is 29.6 Å². The minimum Gasteiger partial charge on any atom is -0.480 e. The monoisotopic (exact) mass is 275 g/mol. The molecule has 0 aromatic heterocycles. The van der Waals surface area contributed by atoms with Crippen LogP contribution in [0.2, 0.25) is 0 Å². The molecule has 6 nitrogen and oxygen atoms in total. The number of esters is 1. The van der Waals surface area contributed by atoms with E-state index in [9.17, 15) is 14.4 Å². The molecule has 0 aromatic carbocycles. The predicted octanol–water partition coefficient (Wildman–Crippen LogP) is 0.405. The summed E-state index contributed by atoms with van der Waals surface area (Å²) in [5.41, 5.74) is 0. The summed E-state index contributed by atoms with van der Waals surface area (Å²) in [7, 11) is 1.24. The van der Waals surface area contributed by atoms with E-state index in [1.54, 1.807) is 0 Å². The Morgan fingerprint density at radius 3 is 2.72 bits per heavy atom. The average Bonchev–Trinajstić information content (AvgIpc) is 2.87. The minimum atomic E-state index is -1.13. The van der Waals surface area contributed by atoms with Gasteiger partial charge in [0.15, 0.2) is 0 Å². The fraction of sp³-hybridized carbons (Fsp3) is 0.727. The third-order valence-corrected chi connectivity index (χ3v) is 4.08. The van der Waals surface area contributed by atoms with Gasteiger partial charge in [-0.2, -0.15) is 0 Å². The van der Waals surface area contributed by atoms with E-state index in [1.807, 2.05) is 0 Å². The van der Waals surface area contributed by atoms with Gasteiger partial charge in [0.05, 0.1) is 12.4 Å². The number of carbonyl (C=O) groups is 3. The number of aliphatic carboxylic acids is 1. The second kappa shape index (κ2) is 7.25. The van der Waals surface area contributed by atoms with Crippen LogP contribution in [0.5, 0.6) is 0 Å². The lowest BCUT2D eigenvalue weighted by atomic mass is 10.1. The number of ether oxygens (including phenoxy) is 1. The zero-order valence-electron chi connectivity index (χ0n) is 10.2. The smallest absolute Gasteiger partial charge is 0.326 e. The number of nitrogens with one attached hydrogen (secondary N) is 1. The van der Waals surface area contributed by atoms with Crippen LogP contribution in [-0.2, 0) is 19.1 Å². The molecule has 0 radical (unpaired) electrons. The molecule has 1 rings (SSSR count). The van der Waals surface area contributed by atoms with Gasteiger partial charge in [-0.05, 0) is 25.0 Å². The van der Waals surface area contributed by atoms with Crippen LogP contribution in [0.3, 0.4) is 0 Å². The molecule has 1 amide bonds. The van der Waals surface area contributed by atoms with E-state index < -0.39 is 18.0 Å². The first-order valence-corrected chi connectivity index (χ1v) is 6.81. The first-order valence-electron chi connectivity index (χ1n) is 5.76. The van der Waals surface area contributed by atoms with Crippen molar-refractivity contribution in [2.75, 3.05) is 12.9 Å². The second-order valence-electron chi connectivity index (χ2n) is 4.02. The maximum Gasteiger partial charge on any atom is 0.326 e. The van der Waals surface area contributed by atoms with Gasteiger partial charge in [-0.15, -0.1) is 11.8 Å². The molecule has 0 saturated carbocycles. The van der Waals surface area contributed by atoms with Gasteiger partial charge < -0.3 is 15.2 Å². The number of amides is 1. The maximum absolute atomic E-state index is 11.8. The molecular formula is C11H17NO5S. The molecule has 102 valence electrons. The lowest BCUT2D eigenvalue weighted by Crippen LogP contribution is -2.44. The minimum absolute atomic E-state index is 0.0223. The van der Waals surface area contributed by atoms with Gasteiger partial charge in [-0.3, -0.25) is 9.59 Å². The molecular weight excluding hydrogens is 258 g/mol. The quantitative estimate of drug-likeness (QED) is 0.682. The third-order valence-electron chi connectivity index (χ3n) is 2.70. The molecule has 1 saturated heterocycles. The summed E-state index contributed by atoms with van der Waals surface area (Å²) in [6.45, 7) is 0. The molecule has 2 atom stereocenters. The average molecular weight is 275 g/mol. The highest BCUT2D eigenvalue weighted by molar-refractivity contribution is 8.00. The van der Waals surface area contributed by atoms with Crippen LogP contribution in [-0.4, -0.2) is 47.1 Å². The Balaban J connectivity index is 2.44. The van der Waals surface area contributed by atoms with Crippen molar-refractivity contribution in [2.24, 2.45) is 0 Å². The Hall–Kier alpha value is -1.24. The van der Waals surface area contributed by atoms with Crippen LogP contribution in [0.4, 0.5) is 0 Å². The van der Waals surface area contributed by atoms with E-state index in [4.69, 9.17) is 5.11 Å². The van der Waals surface area contributed by atoms with Crippen LogP contribution >= 0.6 is 11.8 Å². The van der Waals surface area contributed by atoms with E-state index in [0.717, 1.165) is 18.6 Å². The van der Waals surface area contributed by atoms with Crippen molar-refractivity contribution in [2.45, 2.75) is 37.0 Å². The Morgan fingerprint density at radius 2 is 2.22 bits per heavy atom. The Morgan fingerprint density at radius 1 is 1.50 bits per heavy atom. The van der Waals surface area contributed by atoms with Crippen molar-refractivity contribution in [1.82, 2.24) is 5.32 Å². The molecule has 2 N–H and O–H groups in total. The van der Waals surface area contributed by atoms with Gasteiger partial charge in [0.2, 0.25) is 5.91 Å². The van der Waals surface area contributed by atoms with Crippen LogP contribution < -0.4 is 5.32 Å². The fourth-order valence-electron chi connectivity index (χ4n) is 1.67. The Kier molecular flexibility index (Phi) is 5.97. The molecule has 1 unspecified atom stereocenters. The predicted molar refractivity (Wildman–Crippen MR) is 66.3 cm³/mol. The molecule has 0 aliphatic carbocycles.